The summed E-state index contributed by atoms with van der Waals surface area (Å²) in [6, 6.07) is 0. The molecule has 0 aromatic rings. The summed E-state index contributed by atoms with van der Waals surface area (Å²) in [4.78, 5) is 0. The Morgan fingerprint density at radius 2 is 1.84 bits per heavy atom. The third-order valence-corrected chi connectivity index (χ3v) is 11.1. The van der Waals surface area contributed by atoms with Crippen molar-refractivity contribution >= 4 is 11.8 Å². The third-order valence-electron chi connectivity index (χ3n) is 9.84. The predicted molar refractivity (Wildman–Crippen MR) is 135 cm³/mol. The Hall–Kier alpha value is -0.550. The smallest absolute Gasteiger partial charge is 0.0661 e. The van der Waals surface area contributed by atoms with Crippen molar-refractivity contribution in [1.82, 2.24) is 0 Å². The van der Waals surface area contributed by atoms with E-state index in [1.165, 1.54) is 11.1 Å². The zero-order valence-corrected chi connectivity index (χ0v) is 21.5. The molecule has 0 radical (unpaired) electrons. The topological polar surface area (TPSA) is 60.7 Å². The lowest BCUT2D eigenvalue weighted by molar-refractivity contribution is -0.0489. The van der Waals surface area contributed by atoms with Crippen LogP contribution in [0.2, 0.25) is 0 Å². The Labute approximate surface area is 199 Å². The van der Waals surface area contributed by atoms with Crippen molar-refractivity contribution < 1.29 is 15.3 Å². The zero-order chi connectivity index (χ0) is 23.3. The second-order valence-corrected chi connectivity index (χ2v) is 12.7. The monoisotopic (exact) mass is 460 g/mol. The molecule has 32 heavy (non-hydrogen) atoms. The van der Waals surface area contributed by atoms with Crippen LogP contribution in [0.3, 0.4) is 0 Å². The fourth-order valence-electron chi connectivity index (χ4n) is 7.60. The van der Waals surface area contributed by atoms with Crippen LogP contribution < -0.4 is 0 Å². The second kappa shape index (κ2) is 9.24. The largest absolute Gasteiger partial charge is 0.393 e. The van der Waals surface area contributed by atoms with Crippen LogP contribution in [-0.4, -0.2) is 44.6 Å². The van der Waals surface area contributed by atoms with Gasteiger partial charge in [0.1, 0.15) is 0 Å². The van der Waals surface area contributed by atoms with Gasteiger partial charge in [0, 0.05) is 22.8 Å². The van der Waals surface area contributed by atoms with E-state index in [9.17, 15) is 15.3 Å². The number of thioether (sulfide) groups is 1. The van der Waals surface area contributed by atoms with Crippen molar-refractivity contribution in [3.8, 4) is 0 Å². The van der Waals surface area contributed by atoms with Gasteiger partial charge in [0.05, 0.1) is 18.3 Å². The molecule has 0 amide bonds. The minimum Gasteiger partial charge on any atom is -0.393 e. The van der Waals surface area contributed by atoms with Gasteiger partial charge < -0.3 is 15.3 Å². The molecule has 4 aliphatic carbocycles. The van der Waals surface area contributed by atoms with E-state index in [0.29, 0.717) is 35.8 Å². The Kier molecular flexibility index (Phi) is 7.10. The number of hydrogen-bond donors (Lipinski definition) is 3. The molecule has 0 aliphatic heterocycles. The summed E-state index contributed by atoms with van der Waals surface area (Å²) in [6.07, 6.45) is 12.6. The number of rotatable bonds is 7. The van der Waals surface area contributed by atoms with E-state index in [1.807, 2.05) is 11.8 Å². The molecule has 1 unspecified atom stereocenters. The first-order valence-corrected chi connectivity index (χ1v) is 14.0. The molecule has 2 fully saturated rings. The van der Waals surface area contributed by atoms with Crippen LogP contribution in [0.15, 0.2) is 34.9 Å². The molecule has 0 spiro atoms. The van der Waals surface area contributed by atoms with E-state index in [0.717, 1.165) is 37.9 Å². The molecule has 0 saturated heterocycles. The van der Waals surface area contributed by atoms with E-state index in [2.05, 4.69) is 52.8 Å². The molecular weight excluding hydrogens is 416 g/mol. The maximum atomic E-state index is 11.1. The first-order valence-electron chi connectivity index (χ1n) is 12.9. The first-order chi connectivity index (χ1) is 15.2. The van der Waals surface area contributed by atoms with Crippen LogP contribution in [0.4, 0.5) is 0 Å². The van der Waals surface area contributed by atoms with Crippen molar-refractivity contribution in [3.05, 3.63) is 34.9 Å². The summed E-state index contributed by atoms with van der Waals surface area (Å²) < 4.78 is 0. The first kappa shape index (κ1) is 24.6. The molecule has 180 valence electrons. The Morgan fingerprint density at radius 3 is 2.53 bits per heavy atom. The molecule has 0 heterocycles. The molecule has 8 atom stereocenters. The highest BCUT2D eigenvalue weighted by atomic mass is 32.2. The van der Waals surface area contributed by atoms with Gasteiger partial charge in [0.25, 0.3) is 0 Å². The standard InChI is InChI=1S/C28H44O3S/c1-6-18(7-2)25(30)16-32-17(3)22-10-11-23-21-9-8-19-14-20(29)15-26(31)28(19,5)24(21)12-13-27(22,23)4/h8-10,17-18,20,23-26,29-31H,6-7,11-16H2,1-5H3/t17?,20-,23+,24+,25-,26+,27-,28+/m1/s1. The fraction of sp³-hybridized carbons (Fsp3) is 0.786. The highest BCUT2D eigenvalue weighted by Gasteiger charge is 2.57. The summed E-state index contributed by atoms with van der Waals surface area (Å²) in [5.41, 5.74) is 4.29. The van der Waals surface area contributed by atoms with Gasteiger partial charge >= 0.3 is 0 Å². The van der Waals surface area contributed by atoms with E-state index >= 15 is 0 Å². The third kappa shape index (κ3) is 3.87. The molecule has 0 aromatic heterocycles. The minimum absolute atomic E-state index is 0.176. The van der Waals surface area contributed by atoms with E-state index in [1.54, 1.807) is 5.57 Å². The molecule has 0 bridgehead atoms. The van der Waals surface area contributed by atoms with E-state index in [4.69, 9.17) is 0 Å². The number of aliphatic hydroxyl groups excluding tert-OH is 3. The molecule has 4 heteroatoms. The number of hydrogen-bond acceptors (Lipinski definition) is 4. The average Bonchev–Trinajstić information content (AvgIpc) is 3.11. The quantitative estimate of drug-likeness (QED) is 0.429. The lowest BCUT2D eigenvalue weighted by Gasteiger charge is -2.56. The molecule has 4 aliphatic rings. The van der Waals surface area contributed by atoms with Gasteiger partial charge in [0.2, 0.25) is 0 Å². The average molecular weight is 461 g/mol. The van der Waals surface area contributed by atoms with Gasteiger partial charge in [-0.05, 0) is 55.8 Å². The number of aliphatic hydroxyl groups is 3. The molecule has 3 nitrogen and oxygen atoms in total. The van der Waals surface area contributed by atoms with E-state index in [-0.39, 0.29) is 16.9 Å². The maximum Gasteiger partial charge on any atom is 0.0661 e. The van der Waals surface area contributed by atoms with Gasteiger partial charge in [0.15, 0.2) is 0 Å². The van der Waals surface area contributed by atoms with Gasteiger partial charge in [-0.15, -0.1) is 0 Å². The summed E-state index contributed by atoms with van der Waals surface area (Å²) in [5.74, 6) is 2.11. The van der Waals surface area contributed by atoms with Crippen LogP contribution in [-0.2, 0) is 0 Å². The van der Waals surface area contributed by atoms with Gasteiger partial charge in [-0.25, -0.2) is 0 Å². The van der Waals surface area contributed by atoms with Crippen molar-refractivity contribution in [2.45, 2.75) is 103 Å². The highest BCUT2D eigenvalue weighted by Crippen LogP contribution is 2.64. The van der Waals surface area contributed by atoms with E-state index < -0.39 is 12.2 Å². The summed E-state index contributed by atoms with van der Waals surface area (Å²) in [7, 11) is 0. The minimum atomic E-state index is -0.467. The van der Waals surface area contributed by atoms with Crippen LogP contribution >= 0.6 is 11.8 Å². The molecule has 0 aromatic carbocycles. The van der Waals surface area contributed by atoms with Crippen LogP contribution in [0.1, 0.15) is 79.6 Å². The molecule has 4 rings (SSSR count). The van der Waals surface area contributed by atoms with Crippen LogP contribution in [0, 0.1) is 28.6 Å². The summed E-state index contributed by atoms with van der Waals surface area (Å²) in [6.45, 7) is 11.4. The highest BCUT2D eigenvalue weighted by molar-refractivity contribution is 8.00. The Bertz CT molecular complexity index is 796. The normalized spacial score (nSPS) is 40.6. The second-order valence-electron chi connectivity index (χ2n) is 11.3. The fourth-order valence-corrected chi connectivity index (χ4v) is 8.90. The number of fused-ring (bicyclic) bond motifs is 5. The Balaban J connectivity index is 1.51. The van der Waals surface area contributed by atoms with Crippen LogP contribution in [0.5, 0.6) is 0 Å². The molecule has 3 N–H and O–H groups in total. The summed E-state index contributed by atoms with van der Waals surface area (Å²) in [5, 5.41) is 32.3. The SMILES string of the molecule is CCC(CC)[C@H](O)CSC(C)C1=CC[C@H]2C3=CC=C4C[C@@H](O)C[C@H](O)[C@]4(C)[C@H]3CC[C@]12C. The van der Waals surface area contributed by atoms with Crippen molar-refractivity contribution in [1.29, 1.82) is 0 Å². The Morgan fingerprint density at radius 1 is 1.12 bits per heavy atom. The number of allylic oxidation sites excluding steroid dienone is 4. The molecular formula is C28H44O3S. The van der Waals surface area contributed by atoms with Gasteiger partial charge in [-0.1, -0.05) is 75.5 Å². The van der Waals surface area contributed by atoms with Gasteiger partial charge in [-0.2, -0.15) is 11.8 Å². The van der Waals surface area contributed by atoms with Crippen molar-refractivity contribution in [3.63, 3.8) is 0 Å². The lowest BCUT2D eigenvalue weighted by atomic mass is 9.50. The summed E-state index contributed by atoms with van der Waals surface area (Å²) >= 11 is 1.93. The van der Waals surface area contributed by atoms with Gasteiger partial charge in [-0.3, -0.25) is 0 Å². The van der Waals surface area contributed by atoms with Crippen molar-refractivity contribution in [2.24, 2.45) is 28.6 Å². The predicted octanol–water partition coefficient (Wildman–Crippen LogP) is 5.66. The lowest BCUT2D eigenvalue weighted by Crippen LogP contribution is -2.52. The van der Waals surface area contributed by atoms with Crippen LogP contribution in [0.25, 0.3) is 0 Å². The zero-order valence-electron chi connectivity index (χ0n) is 20.7. The maximum absolute atomic E-state index is 11.1. The molecule has 2 saturated carbocycles. The van der Waals surface area contributed by atoms with Crippen molar-refractivity contribution in [2.75, 3.05) is 5.75 Å².